The Morgan fingerprint density at radius 1 is 0.359 bits per heavy atom. The third-order valence-electron chi connectivity index (χ3n) is 14.3. The van der Waals surface area contributed by atoms with Crippen molar-refractivity contribution in [2.24, 2.45) is 0 Å². The lowest BCUT2D eigenvalue weighted by Gasteiger charge is -2.34. The first kappa shape index (κ1) is 79.0. The quantitative estimate of drug-likeness (QED) is 0.0223. The predicted octanol–water partition coefficient (Wildman–Crippen LogP) is 6.24. The average molecular weight is 1310 g/mol. The van der Waals surface area contributed by atoms with Crippen molar-refractivity contribution in [2.45, 2.75) is 134 Å². The maximum atomic E-state index is 13.9. The minimum Gasteiger partial charge on any atom is -0.497 e. The van der Waals surface area contributed by atoms with Gasteiger partial charge in [-0.1, -0.05) is 51.4 Å². The molecule has 0 aliphatic heterocycles. The number of unbranched alkanes of at least 4 members (excludes halogenated alkanes) is 10. The second kappa shape index (κ2) is 48.5. The maximum absolute atomic E-state index is 13.9. The zero-order valence-electron chi connectivity index (χ0n) is 54.3. The summed E-state index contributed by atoms with van der Waals surface area (Å²) >= 11 is 0. The van der Waals surface area contributed by atoms with E-state index in [0.717, 1.165) is 71.3 Å². The summed E-state index contributed by atoms with van der Waals surface area (Å²) in [6.45, 7) is 2.01. The monoisotopic (exact) mass is 1310 g/mol. The standard InChI is InChI=1S/C65H101N8O18P/c1-84-54-28-22-51(23-29-54)62(79)70-41-17-38-67-58(75)34-45-88-48-65(49-89-46-35-59(76)68-39-18-42-71-63(80)52-24-30-55(85-2)31-25-52,50-90-47-36-60(77)69-40-19-43-72-64(81)53-26-32-56(86-3)33-27-53)73-61(78)21-14-10-8-6-5-7-9-13-20-57(74)66-37-15-11-12-16-44-91-92(82,83)87-4/h22-33H,5-21,34-50H2,1-4H3,(H,66,74)(H,67,75)(H,68,76)(H,69,77)(H,70,79)(H,71,80)(H,72,81)(H,73,78)(H,82,83). The van der Waals surface area contributed by atoms with Gasteiger partial charge in [-0.25, -0.2) is 4.57 Å². The molecule has 0 aliphatic carbocycles. The number of phosphoric ester groups is 1. The predicted molar refractivity (Wildman–Crippen MR) is 346 cm³/mol. The van der Waals surface area contributed by atoms with Gasteiger partial charge >= 0.3 is 7.82 Å². The Balaban J connectivity index is 1.54. The zero-order chi connectivity index (χ0) is 66.9. The number of rotatable bonds is 54. The van der Waals surface area contributed by atoms with Gasteiger partial charge in [-0.2, -0.15) is 0 Å². The van der Waals surface area contributed by atoms with Gasteiger partial charge in [0.25, 0.3) is 17.7 Å². The average Bonchev–Trinajstić information content (AvgIpc) is 1.39. The fourth-order valence-corrected chi connectivity index (χ4v) is 9.47. The molecule has 1 atom stereocenters. The molecule has 0 bridgehead atoms. The largest absolute Gasteiger partial charge is 0.497 e. The molecule has 3 rings (SSSR count). The molecular weight excluding hydrogens is 1210 g/mol. The molecule has 0 radical (unpaired) electrons. The first-order chi connectivity index (χ1) is 44.5. The number of hydrogen-bond acceptors (Lipinski definition) is 17. The smallest absolute Gasteiger partial charge is 0.471 e. The lowest BCUT2D eigenvalue weighted by Crippen LogP contribution is -2.58. The number of methoxy groups -OCH3 is 3. The summed E-state index contributed by atoms with van der Waals surface area (Å²) in [5.41, 5.74) is 0.115. The van der Waals surface area contributed by atoms with Crippen LogP contribution in [0.2, 0.25) is 0 Å². The van der Waals surface area contributed by atoms with Crippen LogP contribution < -0.4 is 56.7 Å². The van der Waals surface area contributed by atoms with Crippen molar-refractivity contribution in [3.63, 3.8) is 0 Å². The molecule has 0 aromatic heterocycles. The van der Waals surface area contributed by atoms with Gasteiger partial charge in [-0.05, 0) is 118 Å². The summed E-state index contributed by atoms with van der Waals surface area (Å²) in [6.07, 6.45) is 12.0. The minimum atomic E-state index is -3.95. The number of amides is 8. The highest BCUT2D eigenvalue weighted by molar-refractivity contribution is 7.47. The fraction of sp³-hybridized carbons (Fsp3) is 0.600. The van der Waals surface area contributed by atoms with Crippen LogP contribution in [-0.4, -0.2) is 178 Å². The van der Waals surface area contributed by atoms with E-state index < -0.39 is 13.4 Å². The Morgan fingerprint density at radius 3 is 1.00 bits per heavy atom. The van der Waals surface area contributed by atoms with E-state index in [2.05, 4.69) is 47.1 Å². The zero-order valence-corrected chi connectivity index (χ0v) is 55.2. The SMILES string of the molecule is COc1ccc(C(=O)NCCCNC(=O)CCOCC(COCCC(=O)NCCCNC(=O)c2ccc(OC)cc2)(COCCC(=O)NCCCNC(=O)c2ccc(OC)cc2)NC(=O)CCCCCCCCCCC(=O)NCCCCCCOP(=O)(O)OC)cc1. The van der Waals surface area contributed by atoms with E-state index in [-0.39, 0.29) is 119 Å². The molecule has 27 heteroatoms. The number of benzene rings is 3. The molecule has 0 fully saturated rings. The van der Waals surface area contributed by atoms with E-state index in [4.69, 9.17) is 32.9 Å². The van der Waals surface area contributed by atoms with Gasteiger partial charge in [-0.3, -0.25) is 47.4 Å². The number of hydrogen-bond donors (Lipinski definition) is 9. The summed E-state index contributed by atoms with van der Waals surface area (Å²) in [5.74, 6) is -0.00949. The van der Waals surface area contributed by atoms with Crippen molar-refractivity contribution in [1.82, 2.24) is 42.5 Å². The highest BCUT2D eigenvalue weighted by atomic mass is 31.2. The lowest BCUT2D eigenvalue weighted by molar-refractivity contribution is -0.130. The molecule has 3 aromatic carbocycles. The van der Waals surface area contributed by atoms with Gasteiger partial charge in [-0.15, -0.1) is 0 Å². The van der Waals surface area contributed by atoms with Crippen molar-refractivity contribution in [2.75, 3.05) is 121 Å². The third-order valence-corrected chi connectivity index (χ3v) is 15.3. The molecule has 0 saturated carbocycles. The highest BCUT2D eigenvalue weighted by Gasteiger charge is 2.34. The van der Waals surface area contributed by atoms with E-state index in [1.165, 1.54) is 0 Å². The van der Waals surface area contributed by atoms with Gasteiger partial charge in [0.15, 0.2) is 0 Å². The lowest BCUT2D eigenvalue weighted by atomic mass is 10.0. The second-order valence-corrected chi connectivity index (χ2v) is 23.4. The molecule has 0 aliphatic rings. The summed E-state index contributed by atoms with van der Waals surface area (Å²) in [5, 5.41) is 23.0. The Morgan fingerprint density at radius 2 is 0.652 bits per heavy atom. The van der Waals surface area contributed by atoms with Crippen LogP contribution in [0.1, 0.15) is 159 Å². The first-order valence-corrected chi connectivity index (χ1v) is 33.4. The number of carbonyl (C=O) groups excluding carboxylic acids is 8. The Labute approximate surface area is 542 Å². The second-order valence-electron chi connectivity index (χ2n) is 21.9. The van der Waals surface area contributed by atoms with Crippen LogP contribution in [0.3, 0.4) is 0 Å². The van der Waals surface area contributed by atoms with Crippen LogP contribution in [-0.2, 0) is 51.8 Å². The number of phosphoric acid groups is 1. The number of nitrogens with one attached hydrogen (secondary N) is 8. The van der Waals surface area contributed by atoms with E-state index >= 15 is 0 Å². The minimum absolute atomic E-state index is 0.0189. The van der Waals surface area contributed by atoms with E-state index in [1.54, 1.807) is 94.1 Å². The molecular formula is C65H101N8O18P. The van der Waals surface area contributed by atoms with Gasteiger partial charge in [0.2, 0.25) is 29.5 Å². The van der Waals surface area contributed by atoms with Crippen LogP contribution >= 0.6 is 7.82 Å². The molecule has 9 N–H and O–H groups in total. The van der Waals surface area contributed by atoms with Crippen molar-refractivity contribution >= 4 is 55.1 Å². The van der Waals surface area contributed by atoms with Gasteiger partial charge < -0.3 is 75.8 Å². The molecule has 514 valence electrons. The molecule has 1 unspecified atom stereocenters. The van der Waals surface area contributed by atoms with Crippen molar-refractivity contribution < 1.29 is 85.3 Å². The molecule has 92 heavy (non-hydrogen) atoms. The molecule has 0 heterocycles. The Hall–Kier alpha value is -7.19. The molecule has 0 spiro atoms. The van der Waals surface area contributed by atoms with E-state index in [0.29, 0.717) is 118 Å². The topological polar surface area (TPSA) is 344 Å². The van der Waals surface area contributed by atoms with Crippen molar-refractivity contribution in [1.29, 1.82) is 0 Å². The van der Waals surface area contributed by atoms with Crippen LogP contribution in [0.25, 0.3) is 0 Å². The highest BCUT2D eigenvalue weighted by Crippen LogP contribution is 2.42. The van der Waals surface area contributed by atoms with Crippen molar-refractivity contribution in [3.05, 3.63) is 89.5 Å². The van der Waals surface area contributed by atoms with Crippen LogP contribution in [0.5, 0.6) is 17.2 Å². The maximum Gasteiger partial charge on any atom is 0.471 e. The first-order valence-electron chi connectivity index (χ1n) is 31.9. The summed E-state index contributed by atoms with van der Waals surface area (Å²) in [7, 11) is 1.80. The van der Waals surface area contributed by atoms with Crippen LogP contribution in [0.15, 0.2) is 72.8 Å². The van der Waals surface area contributed by atoms with E-state index in [9.17, 15) is 47.8 Å². The molecule has 26 nitrogen and oxygen atoms in total. The normalized spacial score (nSPS) is 11.8. The third kappa shape index (κ3) is 37.4. The molecule has 8 amide bonds. The van der Waals surface area contributed by atoms with Crippen LogP contribution in [0.4, 0.5) is 0 Å². The van der Waals surface area contributed by atoms with Crippen LogP contribution in [0, 0.1) is 0 Å². The van der Waals surface area contributed by atoms with Gasteiger partial charge in [0.05, 0.1) is 67.6 Å². The summed E-state index contributed by atoms with van der Waals surface area (Å²) in [4.78, 5) is 112. The Kier molecular flexibility index (Phi) is 41.7. The number of ether oxygens (including phenoxy) is 6. The summed E-state index contributed by atoms with van der Waals surface area (Å²) < 4.78 is 54.3. The van der Waals surface area contributed by atoms with Crippen molar-refractivity contribution in [3.8, 4) is 17.2 Å². The molecule has 3 aromatic rings. The molecule has 0 saturated heterocycles. The summed E-state index contributed by atoms with van der Waals surface area (Å²) in [6, 6.07) is 20.1. The Bertz CT molecular complexity index is 2440. The van der Waals surface area contributed by atoms with E-state index in [1.807, 2.05) is 0 Å². The van der Waals surface area contributed by atoms with Gasteiger partial charge in [0.1, 0.15) is 22.8 Å². The number of carbonyl (C=O) groups is 8. The fourth-order valence-electron chi connectivity index (χ4n) is 9.00. The van der Waals surface area contributed by atoms with Gasteiger partial charge in [0, 0.05) is 102 Å².